The van der Waals surface area contributed by atoms with Crippen molar-refractivity contribution < 1.29 is 14.3 Å². The highest BCUT2D eigenvalue weighted by Gasteiger charge is 2.19. The van der Waals surface area contributed by atoms with Gasteiger partial charge in [-0.2, -0.15) is 0 Å². The summed E-state index contributed by atoms with van der Waals surface area (Å²) < 4.78 is 12.3. The Hall–Kier alpha value is -2.91. The molecule has 0 saturated carbocycles. The van der Waals surface area contributed by atoms with Crippen molar-refractivity contribution in [2.24, 2.45) is 0 Å². The van der Waals surface area contributed by atoms with E-state index in [9.17, 15) is 4.79 Å². The lowest BCUT2D eigenvalue weighted by atomic mass is 9.96. The molecule has 54 heavy (non-hydrogen) atoms. The molecule has 2 atom stereocenters. The van der Waals surface area contributed by atoms with Crippen LogP contribution >= 0.6 is 0 Å². The lowest BCUT2D eigenvalue weighted by molar-refractivity contribution is 0.0254. The van der Waals surface area contributed by atoms with Crippen molar-refractivity contribution in [3.8, 4) is 22.3 Å². The normalized spacial score (nSPS) is 12.5. The molecular weight excluding hydrogens is 661 g/mol. The lowest BCUT2D eigenvalue weighted by Crippen LogP contribution is -2.19. The molecule has 0 spiro atoms. The van der Waals surface area contributed by atoms with Crippen LogP contribution < -0.4 is 0 Å². The minimum Gasteiger partial charge on any atom is -0.459 e. The summed E-state index contributed by atoms with van der Waals surface area (Å²) in [4.78, 5) is 13.5. The van der Waals surface area contributed by atoms with Crippen molar-refractivity contribution in [1.29, 1.82) is 0 Å². The second-order valence-corrected chi connectivity index (χ2v) is 15.9. The van der Waals surface area contributed by atoms with Gasteiger partial charge in [0.2, 0.25) is 0 Å². The Morgan fingerprint density at radius 2 is 0.926 bits per heavy atom. The first-order valence-corrected chi connectivity index (χ1v) is 22.7. The van der Waals surface area contributed by atoms with Gasteiger partial charge in [0.1, 0.15) is 6.10 Å². The monoisotopic (exact) mass is 739 g/mol. The van der Waals surface area contributed by atoms with E-state index in [1.54, 1.807) is 0 Å². The highest BCUT2D eigenvalue weighted by molar-refractivity contribution is 5.97. The number of carbonyl (C=O) groups is 1. The van der Waals surface area contributed by atoms with E-state index in [0.29, 0.717) is 5.56 Å². The molecule has 0 fully saturated rings. The van der Waals surface area contributed by atoms with Gasteiger partial charge >= 0.3 is 5.97 Å². The van der Waals surface area contributed by atoms with Crippen LogP contribution in [-0.2, 0) is 9.47 Å². The third-order valence-corrected chi connectivity index (χ3v) is 11.2. The molecule has 0 radical (unpaired) electrons. The van der Waals surface area contributed by atoms with Crippen molar-refractivity contribution in [2.75, 3.05) is 6.61 Å². The molecule has 0 amide bonds. The van der Waals surface area contributed by atoms with Gasteiger partial charge < -0.3 is 9.47 Å². The average Bonchev–Trinajstić information content (AvgIpc) is 3.20. The topological polar surface area (TPSA) is 35.5 Å². The Bertz CT molecular complexity index is 1340. The van der Waals surface area contributed by atoms with E-state index in [0.717, 1.165) is 55.4 Å². The fourth-order valence-electron chi connectivity index (χ4n) is 7.66. The van der Waals surface area contributed by atoms with Crippen LogP contribution in [0.4, 0.5) is 0 Å². The fourth-order valence-corrected chi connectivity index (χ4v) is 7.66. The minimum absolute atomic E-state index is 0.0148. The number of unbranched alkanes of at least 4 members (excludes halogenated alkanes) is 20. The predicted octanol–water partition coefficient (Wildman–Crippen LogP) is 16.4. The summed E-state index contributed by atoms with van der Waals surface area (Å²) in [6.07, 6.45) is 32.7. The van der Waals surface area contributed by atoms with Crippen molar-refractivity contribution in [3.63, 3.8) is 0 Å². The molecular formula is C51H78O3. The van der Waals surface area contributed by atoms with Crippen LogP contribution in [0.3, 0.4) is 0 Å². The number of esters is 1. The van der Waals surface area contributed by atoms with Gasteiger partial charge in [0, 0.05) is 6.61 Å². The van der Waals surface area contributed by atoms with Gasteiger partial charge in [-0.1, -0.05) is 222 Å². The molecule has 3 nitrogen and oxygen atoms in total. The van der Waals surface area contributed by atoms with Gasteiger partial charge in [-0.3, -0.25) is 0 Å². The number of benzene rings is 3. The van der Waals surface area contributed by atoms with E-state index in [1.165, 1.54) is 140 Å². The van der Waals surface area contributed by atoms with Crippen molar-refractivity contribution in [1.82, 2.24) is 0 Å². The molecule has 3 heteroatoms. The highest BCUT2D eigenvalue weighted by atomic mass is 16.5. The Kier molecular flexibility index (Phi) is 24.8. The Morgan fingerprint density at radius 1 is 0.481 bits per heavy atom. The van der Waals surface area contributed by atoms with Crippen LogP contribution in [0.25, 0.3) is 22.3 Å². The van der Waals surface area contributed by atoms with E-state index in [4.69, 9.17) is 9.47 Å². The van der Waals surface area contributed by atoms with Crippen molar-refractivity contribution in [3.05, 3.63) is 83.9 Å². The van der Waals surface area contributed by atoms with Crippen LogP contribution in [0.2, 0.25) is 0 Å². The molecule has 0 aliphatic heterocycles. The van der Waals surface area contributed by atoms with Crippen LogP contribution in [-0.4, -0.2) is 18.7 Å². The number of rotatable bonds is 32. The number of hydrogen-bond donors (Lipinski definition) is 0. The third-order valence-electron chi connectivity index (χ3n) is 11.2. The number of carbonyl (C=O) groups excluding carboxylic acids is 1. The first-order valence-electron chi connectivity index (χ1n) is 22.7. The molecule has 3 aromatic rings. The second kappa shape index (κ2) is 29.4. The standard InChI is InChI=1S/C51H78O3/c1-5-8-10-12-14-15-16-17-18-19-20-21-22-23-25-29-42-53-43(4)44-34-36-45(37-35-44)46-38-40-47(41-39-46)49-32-27-28-33-50(49)51(52)54-48(30-7-3)31-26-24-13-11-9-6-2/h27-28,32-41,43,48H,5-26,29-31,42H2,1-4H3. The van der Waals surface area contributed by atoms with Crippen LogP contribution in [0.5, 0.6) is 0 Å². The number of hydrogen-bond acceptors (Lipinski definition) is 3. The number of ether oxygens (including phenoxy) is 2. The maximum atomic E-state index is 13.5. The molecule has 0 N–H and O–H groups in total. The lowest BCUT2D eigenvalue weighted by Gasteiger charge is -2.19. The maximum absolute atomic E-state index is 13.5. The third kappa shape index (κ3) is 18.6. The average molecular weight is 739 g/mol. The molecule has 0 aliphatic rings. The van der Waals surface area contributed by atoms with Crippen molar-refractivity contribution in [2.45, 2.75) is 200 Å². The quantitative estimate of drug-likeness (QED) is 0.0473. The van der Waals surface area contributed by atoms with E-state index in [-0.39, 0.29) is 18.2 Å². The summed E-state index contributed by atoms with van der Waals surface area (Å²) in [5.74, 6) is -0.208. The van der Waals surface area contributed by atoms with E-state index in [2.05, 4.69) is 76.2 Å². The Labute approximate surface area is 332 Å². The van der Waals surface area contributed by atoms with E-state index < -0.39 is 0 Å². The highest BCUT2D eigenvalue weighted by Crippen LogP contribution is 2.30. The summed E-state index contributed by atoms with van der Waals surface area (Å²) in [5, 5.41) is 0. The van der Waals surface area contributed by atoms with Crippen LogP contribution in [0.1, 0.15) is 210 Å². The van der Waals surface area contributed by atoms with Crippen LogP contribution in [0.15, 0.2) is 72.8 Å². The first-order chi connectivity index (χ1) is 26.6. The SMILES string of the molecule is CCCCCCCCCCCCCCCCCCOC(C)c1ccc(-c2ccc(-c3ccccc3C(=O)OC(CCC)CCCCCCCC)cc2)cc1. The predicted molar refractivity (Wildman–Crippen MR) is 233 cm³/mol. The molecule has 3 rings (SSSR count). The van der Waals surface area contributed by atoms with Crippen LogP contribution in [0, 0.1) is 0 Å². The molecule has 0 aliphatic carbocycles. The van der Waals surface area contributed by atoms with E-state index in [1.807, 2.05) is 24.3 Å². The fraction of sp³-hybridized carbons (Fsp3) is 0.627. The Morgan fingerprint density at radius 3 is 1.44 bits per heavy atom. The largest absolute Gasteiger partial charge is 0.459 e. The maximum Gasteiger partial charge on any atom is 0.339 e. The molecule has 3 aromatic carbocycles. The van der Waals surface area contributed by atoms with E-state index >= 15 is 0 Å². The zero-order valence-corrected chi connectivity index (χ0v) is 35.2. The molecule has 300 valence electrons. The first kappa shape index (κ1) is 45.5. The smallest absolute Gasteiger partial charge is 0.339 e. The molecule has 0 aromatic heterocycles. The molecule has 0 saturated heterocycles. The summed E-state index contributed by atoms with van der Waals surface area (Å²) in [6.45, 7) is 9.71. The van der Waals surface area contributed by atoms with Gasteiger partial charge in [0.05, 0.1) is 11.7 Å². The summed E-state index contributed by atoms with van der Waals surface area (Å²) in [6, 6.07) is 25.2. The van der Waals surface area contributed by atoms with Gasteiger partial charge in [0.15, 0.2) is 0 Å². The van der Waals surface area contributed by atoms with Gasteiger partial charge in [-0.05, 0) is 66.5 Å². The summed E-state index contributed by atoms with van der Waals surface area (Å²) in [5.41, 5.74) is 6.16. The second-order valence-electron chi connectivity index (χ2n) is 15.9. The van der Waals surface area contributed by atoms with Gasteiger partial charge in [-0.15, -0.1) is 0 Å². The zero-order chi connectivity index (χ0) is 38.5. The van der Waals surface area contributed by atoms with Crippen molar-refractivity contribution >= 4 is 5.97 Å². The molecule has 2 unspecified atom stereocenters. The zero-order valence-electron chi connectivity index (χ0n) is 35.2. The van der Waals surface area contributed by atoms with Gasteiger partial charge in [-0.25, -0.2) is 4.79 Å². The Balaban J connectivity index is 1.35. The molecule has 0 heterocycles. The summed E-state index contributed by atoms with van der Waals surface area (Å²) in [7, 11) is 0. The summed E-state index contributed by atoms with van der Waals surface area (Å²) >= 11 is 0. The van der Waals surface area contributed by atoms with Gasteiger partial charge in [0.25, 0.3) is 0 Å². The molecule has 0 bridgehead atoms. The minimum atomic E-state index is -0.208.